The average molecular weight is 217 g/mol. The third-order valence-electron chi connectivity index (χ3n) is 2.62. The van der Waals surface area contributed by atoms with Crippen LogP contribution in [0, 0.1) is 0 Å². The first-order chi connectivity index (χ1) is 6.79. The second kappa shape index (κ2) is 3.85. The van der Waals surface area contributed by atoms with Crippen LogP contribution >= 0.6 is 0 Å². The topological polar surface area (TPSA) is 26.0 Å². The zero-order chi connectivity index (χ0) is 11.7. The van der Waals surface area contributed by atoms with Gasteiger partial charge in [0.15, 0.2) is 0 Å². The molecule has 2 N–H and O–H groups in total. The van der Waals surface area contributed by atoms with E-state index in [0.29, 0.717) is 6.54 Å². The lowest BCUT2D eigenvalue weighted by Crippen LogP contribution is -2.36. The van der Waals surface area contributed by atoms with Gasteiger partial charge in [0.25, 0.3) is 0 Å². The van der Waals surface area contributed by atoms with Crippen molar-refractivity contribution in [1.82, 2.24) is 0 Å². The lowest BCUT2D eigenvalue weighted by molar-refractivity contribution is -0.180. The van der Waals surface area contributed by atoms with E-state index in [0.717, 1.165) is 5.56 Å². The summed E-state index contributed by atoms with van der Waals surface area (Å²) in [6, 6.07) is 6.22. The van der Waals surface area contributed by atoms with Gasteiger partial charge in [-0.15, -0.1) is 0 Å². The van der Waals surface area contributed by atoms with Crippen LogP contribution in [0.3, 0.4) is 0 Å². The Balaban J connectivity index is 3.06. The highest BCUT2D eigenvalue weighted by Crippen LogP contribution is 2.40. The molecule has 1 nitrogen and oxygen atoms in total. The SMILES string of the molecule is CC(C)(c1ccc(CN)cc1)C(F)(F)F. The summed E-state index contributed by atoms with van der Waals surface area (Å²) in [5.74, 6) is 0. The minimum absolute atomic E-state index is 0.257. The summed E-state index contributed by atoms with van der Waals surface area (Å²) >= 11 is 0. The lowest BCUT2D eigenvalue weighted by Gasteiger charge is -2.28. The van der Waals surface area contributed by atoms with E-state index in [1.807, 2.05) is 0 Å². The second-order valence-electron chi connectivity index (χ2n) is 4.02. The fourth-order valence-corrected chi connectivity index (χ4v) is 1.22. The van der Waals surface area contributed by atoms with Crippen molar-refractivity contribution in [2.75, 3.05) is 0 Å². The molecule has 0 aliphatic carbocycles. The van der Waals surface area contributed by atoms with Gasteiger partial charge in [-0.1, -0.05) is 24.3 Å². The maximum absolute atomic E-state index is 12.7. The summed E-state index contributed by atoms with van der Waals surface area (Å²) in [6.45, 7) is 2.68. The first-order valence-electron chi connectivity index (χ1n) is 4.65. The van der Waals surface area contributed by atoms with Gasteiger partial charge in [-0.3, -0.25) is 0 Å². The molecule has 0 bridgehead atoms. The molecule has 4 heteroatoms. The van der Waals surface area contributed by atoms with Crippen LogP contribution in [-0.2, 0) is 12.0 Å². The maximum Gasteiger partial charge on any atom is 0.397 e. The van der Waals surface area contributed by atoms with E-state index in [1.165, 1.54) is 26.0 Å². The van der Waals surface area contributed by atoms with Crippen molar-refractivity contribution in [2.24, 2.45) is 5.73 Å². The Morgan fingerprint density at radius 1 is 1.07 bits per heavy atom. The molecule has 0 amide bonds. The fourth-order valence-electron chi connectivity index (χ4n) is 1.22. The summed E-state index contributed by atoms with van der Waals surface area (Å²) in [5.41, 5.74) is 4.64. The van der Waals surface area contributed by atoms with Gasteiger partial charge >= 0.3 is 6.18 Å². The molecule has 0 fully saturated rings. The van der Waals surface area contributed by atoms with Gasteiger partial charge in [0.1, 0.15) is 0 Å². The van der Waals surface area contributed by atoms with Gasteiger partial charge in [0.05, 0.1) is 5.41 Å². The van der Waals surface area contributed by atoms with Crippen molar-refractivity contribution in [3.05, 3.63) is 35.4 Å². The van der Waals surface area contributed by atoms with Crippen molar-refractivity contribution < 1.29 is 13.2 Å². The minimum atomic E-state index is -4.24. The quantitative estimate of drug-likeness (QED) is 0.809. The van der Waals surface area contributed by atoms with Crippen molar-refractivity contribution >= 4 is 0 Å². The van der Waals surface area contributed by atoms with Crippen LogP contribution < -0.4 is 5.73 Å². The Kier molecular flexibility index (Phi) is 3.09. The van der Waals surface area contributed by atoms with Crippen molar-refractivity contribution in [2.45, 2.75) is 32.0 Å². The zero-order valence-electron chi connectivity index (χ0n) is 8.73. The molecule has 0 aliphatic heterocycles. The molecular formula is C11H14F3N. The third-order valence-corrected chi connectivity index (χ3v) is 2.62. The molecule has 0 aliphatic rings. The molecule has 84 valence electrons. The summed E-state index contributed by atoms with van der Waals surface area (Å²) in [4.78, 5) is 0. The average Bonchev–Trinajstić information content (AvgIpc) is 2.16. The van der Waals surface area contributed by atoms with Crippen LogP contribution in [0.2, 0.25) is 0 Å². The number of hydrogen-bond donors (Lipinski definition) is 1. The first kappa shape index (κ1) is 12.0. The second-order valence-corrected chi connectivity index (χ2v) is 4.02. The van der Waals surface area contributed by atoms with Crippen molar-refractivity contribution in [3.8, 4) is 0 Å². The number of rotatable bonds is 2. The van der Waals surface area contributed by atoms with Gasteiger partial charge < -0.3 is 5.73 Å². The summed E-state index contributed by atoms with van der Waals surface area (Å²) in [5, 5.41) is 0. The molecule has 0 radical (unpaired) electrons. The zero-order valence-corrected chi connectivity index (χ0v) is 8.73. The molecule has 0 heterocycles. The molecule has 1 aromatic carbocycles. The number of benzene rings is 1. The van der Waals surface area contributed by atoms with Crippen LogP contribution in [0.1, 0.15) is 25.0 Å². The van der Waals surface area contributed by atoms with E-state index in [-0.39, 0.29) is 5.56 Å². The van der Waals surface area contributed by atoms with E-state index >= 15 is 0 Å². The third kappa shape index (κ3) is 2.31. The molecule has 0 aromatic heterocycles. The number of halogens is 3. The van der Waals surface area contributed by atoms with Crippen LogP contribution in [0.15, 0.2) is 24.3 Å². The smallest absolute Gasteiger partial charge is 0.326 e. The Labute approximate surface area is 87.1 Å². The normalized spacial score (nSPS) is 12.9. The number of alkyl halides is 3. The van der Waals surface area contributed by atoms with Crippen LogP contribution in [0.4, 0.5) is 13.2 Å². The highest BCUT2D eigenvalue weighted by atomic mass is 19.4. The molecule has 1 aromatic rings. The largest absolute Gasteiger partial charge is 0.397 e. The fraction of sp³-hybridized carbons (Fsp3) is 0.455. The van der Waals surface area contributed by atoms with Crippen molar-refractivity contribution in [1.29, 1.82) is 0 Å². The number of hydrogen-bond acceptors (Lipinski definition) is 1. The standard InChI is InChI=1S/C11H14F3N/c1-10(2,11(12,13)14)9-5-3-8(7-15)4-6-9/h3-6H,7,15H2,1-2H3. The molecule has 0 spiro atoms. The molecule has 1 rings (SSSR count). The molecule has 0 saturated carbocycles. The monoisotopic (exact) mass is 217 g/mol. The Bertz CT molecular complexity index is 325. The van der Waals surface area contributed by atoms with Crippen LogP contribution in [0.5, 0.6) is 0 Å². The van der Waals surface area contributed by atoms with Gasteiger partial charge in [-0.25, -0.2) is 0 Å². The molecule has 15 heavy (non-hydrogen) atoms. The first-order valence-corrected chi connectivity index (χ1v) is 4.65. The van der Waals surface area contributed by atoms with Crippen LogP contribution in [-0.4, -0.2) is 6.18 Å². The predicted molar refractivity (Wildman–Crippen MR) is 53.4 cm³/mol. The Morgan fingerprint density at radius 3 is 1.87 bits per heavy atom. The van der Waals surface area contributed by atoms with Gasteiger partial charge in [-0.2, -0.15) is 13.2 Å². The Hall–Kier alpha value is -1.03. The summed E-state index contributed by atoms with van der Waals surface area (Å²) in [6.07, 6.45) is -4.24. The van der Waals surface area contributed by atoms with E-state index in [9.17, 15) is 13.2 Å². The minimum Gasteiger partial charge on any atom is -0.326 e. The lowest BCUT2D eigenvalue weighted by atomic mass is 9.83. The summed E-state index contributed by atoms with van der Waals surface area (Å²) in [7, 11) is 0. The number of nitrogens with two attached hydrogens (primary N) is 1. The van der Waals surface area contributed by atoms with E-state index in [1.54, 1.807) is 12.1 Å². The van der Waals surface area contributed by atoms with Gasteiger partial charge in [0, 0.05) is 6.54 Å². The van der Waals surface area contributed by atoms with Crippen molar-refractivity contribution in [3.63, 3.8) is 0 Å². The maximum atomic E-state index is 12.7. The van der Waals surface area contributed by atoms with Crippen LogP contribution in [0.25, 0.3) is 0 Å². The molecular weight excluding hydrogens is 203 g/mol. The highest BCUT2D eigenvalue weighted by molar-refractivity contribution is 5.29. The molecule has 0 unspecified atom stereocenters. The van der Waals surface area contributed by atoms with E-state index < -0.39 is 11.6 Å². The summed E-state index contributed by atoms with van der Waals surface area (Å²) < 4.78 is 38.0. The highest BCUT2D eigenvalue weighted by Gasteiger charge is 2.48. The predicted octanol–water partition coefficient (Wildman–Crippen LogP) is 2.99. The van der Waals surface area contributed by atoms with Gasteiger partial charge in [-0.05, 0) is 25.0 Å². The van der Waals surface area contributed by atoms with Gasteiger partial charge in [0.2, 0.25) is 0 Å². The molecule has 0 saturated heterocycles. The van der Waals surface area contributed by atoms with E-state index in [2.05, 4.69) is 0 Å². The van der Waals surface area contributed by atoms with E-state index in [4.69, 9.17) is 5.73 Å². The molecule has 0 atom stereocenters. The Morgan fingerprint density at radius 2 is 1.53 bits per heavy atom.